The molecule has 5 atom stereocenters. The minimum absolute atomic E-state index is 0.590. The Bertz CT molecular complexity index is 354. The maximum atomic E-state index is 2.60. The van der Waals surface area contributed by atoms with Crippen molar-refractivity contribution in [1.82, 2.24) is 0 Å². The van der Waals surface area contributed by atoms with E-state index in [9.17, 15) is 0 Å². The molecular weight excluding hydrogens is 228 g/mol. The number of hydrogen-bond acceptors (Lipinski definition) is 0. The van der Waals surface area contributed by atoms with Crippen LogP contribution in [-0.4, -0.2) is 0 Å². The van der Waals surface area contributed by atoms with Crippen molar-refractivity contribution in [2.45, 2.75) is 80.1 Å². The first-order valence-corrected chi connectivity index (χ1v) is 8.77. The molecule has 0 N–H and O–H groups in total. The van der Waals surface area contributed by atoms with Gasteiger partial charge >= 0.3 is 0 Å². The van der Waals surface area contributed by atoms with Crippen molar-refractivity contribution in [1.29, 1.82) is 0 Å². The van der Waals surface area contributed by atoms with E-state index in [2.05, 4.69) is 41.5 Å². The molecular formula is C19H34. The van der Waals surface area contributed by atoms with Gasteiger partial charge in [0.15, 0.2) is 0 Å². The van der Waals surface area contributed by atoms with Gasteiger partial charge in [-0.15, -0.1) is 0 Å². The Morgan fingerprint density at radius 3 is 2.16 bits per heavy atom. The summed E-state index contributed by atoms with van der Waals surface area (Å²) in [4.78, 5) is 0. The molecule has 0 heteroatoms. The molecule has 0 amide bonds. The molecule has 0 aliphatic heterocycles. The van der Waals surface area contributed by atoms with Gasteiger partial charge in [-0.2, -0.15) is 0 Å². The molecule has 5 unspecified atom stereocenters. The van der Waals surface area contributed by atoms with Crippen molar-refractivity contribution in [3.05, 3.63) is 0 Å². The molecule has 19 heavy (non-hydrogen) atoms. The zero-order chi connectivity index (χ0) is 14.1. The van der Waals surface area contributed by atoms with Gasteiger partial charge in [-0.1, -0.05) is 54.4 Å². The lowest BCUT2D eigenvalue weighted by atomic mass is 9.60. The first-order valence-electron chi connectivity index (χ1n) is 8.77. The van der Waals surface area contributed by atoms with Crippen molar-refractivity contribution >= 4 is 0 Å². The van der Waals surface area contributed by atoms with Crippen LogP contribution in [0.25, 0.3) is 0 Å². The number of hydrogen-bond donors (Lipinski definition) is 0. The Hall–Kier alpha value is 0. The van der Waals surface area contributed by atoms with E-state index in [-0.39, 0.29) is 0 Å². The molecule has 0 radical (unpaired) electrons. The van der Waals surface area contributed by atoms with Gasteiger partial charge in [-0.3, -0.25) is 0 Å². The monoisotopic (exact) mass is 262 g/mol. The molecule has 3 rings (SSSR count). The van der Waals surface area contributed by atoms with Crippen LogP contribution in [0.15, 0.2) is 0 Å². The fourth-order valence-electron chi connectivity index (χ4n) is 6.56. The summed E-state index contributed by atoms with van der Waals surface area (Å²) in [5.41, 5.74) is 2.06. The third-order valence-electron chi connectivity index (χ3n) is 7.91. The van der Waals surface area contributed by atoms with Gasteiger partial charge in [-0.05, 0) is 65.6 Å². The van der Waals surface area contributed by atoms with Crippen LogP contribution in [0.4, 0.5) is 0 Å². The van der Waals surface area contributed by atoms with Crippen molar-refractivity contribution in [3.63, 3.8) is 0 Å². The van der Waals surface area contributed by atoms with E-state index in [1.165, 1.54) is 38.5 Å². The van der Waals surface area contributed by atoms with Crippen LogP contribution >= 0.6 is 0 Å². The number of fused-ring (bicyclic) bond motifs is 1. The summed E-state index contributed by atoms with van der Waals surface area (Å²) in [5.74, 6) is 4.00. The van der Waals surface area contributed by atoms with Crippen molar-refractivity contribution in [3.8, 4) is 0 Å². The Labute approximate surface area is 120 Å². The minimum Gasteiger partial charge on any atom is -0.0654 e. The SMILES string of the molecule is CCCC1CCC(C(C)(C)C2C3(C)CC23C)CC1C. The van der Waals surface area contributed by atoms with E-state index >= 15 is 0 Å². The highest BCUT2D eigenvalue weighted by Gasteiger charge is 2.87. The third-order valence-corrected chi connectivity index (χ3v) is 7.91. The van der Waals surface area contributed by atoms with Crippen LogP contribution in [0.2, 0.25) is 0 Å². The zero-order valence-electron chi connectivity index (χ0n) is 14.1. The van der Waals surface area contributed by atoms with Gasteiger partial charge < -0.3 is 0 Å². The molecule has 0 aromatic carbocycles. The maximum Gasteiger partial charge on any atom is -0.0224 e. The van der Waals surface area contributed by atoms with Crippen molar-refractivity contribution in [2.24, 2.45) is 39.9 Å². The van der Waals surface area contributed by atoms with E-state index in [4.69, 9.17) is 0 Å². The highest BCUT2D eigenvalue weighted by Crippen LogP contribution is 2.93. The highest BCUT2D eigenvalue weighted by atomic mass is 14.9. The molecule has 3 aliphatic rings. The van der Waals surface area contributed by atoms with Crippen LogP contribution in [0.5, 0.6) is 0 Å². The summed E-state index contributed by atoms with van der Waals surface area (Å²) in [6.45, 7) is 15.2. The second-order valence-electron chi connectivity index (χ2n) is 9.30. The predicted octanol–water partition coefficient (Wildman–Crippen LogP) is 5.91. The molecule has 0 aromatic heterocycles. The van der Waals surface area contributed by atoms with E-state index in [1.54, 1.807) is 0 Å². The fraction of sp³-hybridized carbons (Fsp3) is 1.00. The minimum atomic E-state index is 0.590. The van der Waals surface area contributed by atoms with E-state index in [0.717, 1.165) is 34.5 Å². The first-order chi connectivity index (χ1) is 8.77. The largest absolute Gasteiger partial charge is 0.0654 e. The van der Waals surface area contributed by atoms with Crippen molar-refractivity contribution in [2.75, 3.05) is 0 Å². The second-order valence-corrected chi connectivity index (χ2v) is 9.30. The Morgan fingerprint density at radius 1 is 1.11 bits per heavy atom. The van der Waals surface area contributed by atoms with Gasteiger partial charge in [-0.25, -0.2) is 0 Å². The molecule has 3 saturated carbocycles. The van der Waals surface area contributed by atoms with E-state index in [0.29, 0.717) is 5.41 Å². The van der Waals surface area contributed by atoms with Crippen LogP contribution in [-0.2, 0) is 0 Å². The Balaban J connectivity index is 1.65. The molecule has 110 valence electrons. The van der Waals surface area contributed by atoms with Gasteiger partial charge in [0.1, 0.15) is 0 Å². The van der Waals surface area contributed by atoms with Crippen LogP contribution < -0.4 is 0 Å². The molecule has 0 spiro atoms. The molecule has 0 heterocycles. The normalized spacial score (nSPS) is 52.7. The molecule has 3 aliphatic carbocycles. The van der Waals surface area contributed by atoms with Gasteiger partial charge in [0, 0.05) is 0 Å². The summed E-state index contributed by atoms with van der Waals surface area (Å²) in [6, 6.07) is 0. The summed E-state index contributed by atoms with van der Waals surface area (Å²) < 4.78 is 0. The lowest BCUT2D eigenvalue weighted by Crippen LogP contribution is -2.37. The topological polar surface area (TPSA) is 0 Å². The quantitative estimate of drug-likeness (QED) is 0.590. The third kappa shape index (κ3) is 1.77. The smallest absolute Gasteiger partial charge is 0.0224 e. The molecule has 0 aromatic rings. The highest BCUT2D eigenvalue weighted by molar-refractivity contribution is 5.35. The van der Waals surface area contributed by atoms with Gasteiger partial charge in [0.05, 0.1) is 0 Å². The predicted molar refractivity (Wildman–Crippen MR) is 83.0 cm³/mol. The average Bonchev–Trinajstić information content (AvgIpc) is 3.01. The molecule has 0 nitrogen and oxygen atoms in total. The summed E-state index contributed by atoms with van der Waals surface area (Å²) in [5, 5.41) is 0. The summed E-state index contributed by atoms with van der Waals surface area (Å²) in [6.07, 6.45) is 8.86. The van der Waals surface area contributed by atoms with E-state index < -0.39 is 0 Å². The van der Waals surface area contributed by atoms with E-state index in [1.807, 2.05) is 0 Å². The van der Waals surface area contributed by atoms with Crippen LogP contribution in [0, 0.1) is 39.9 Å². The van der Waals surface area contributed by atoms with Gasteiger partial charge in [0.25, 0.3) is 0 Å². The Kier molecular flexibility index (Phi) is 2.95. The summed E-state index contributed by atoms with van der Waals surface area (Å²) in [7, 11) is 0. The van der Waals surface area contributed by atoms with Crippen LogP contribution in [0.1, 0.15) is 80.1 Å². The fourth-order valence-corrected chi connectivity index (χ4v) is 6.56. The molecule has 0 bridgehead atoms. The average molecular weight is 262 g/mol. The molecule has 0 saturated heterocycles. The lowest BCUT2D eigenvalue weighted by Gasteiger charge is -2.45. The maximum absolute atomic E-state index is 2.60. The molecule has 3 fully saturated rings. The number of rotatable bonds is 4. The standard InChI is InChI=1S/C19H34/c1-7-8-14-9-10-15(11-13(14)2)17(3,4)16-18(5)12-19(16,18)6/h13-16H,7-12H2,1-6H3. The van der Waals surface area contributed by atoms with Crippen LogP contribution in [0.3, 0.4) is 0 Å². The lowest BCUT2D eigenvalue weighted by molar-refractivity contribution is 0.0451. The first kappa shape index (κ1) is 14.0. The van der Waals surface area contributed by atoms with Gasteiger partial charge in [0.2, 0.25) is 0 Å². The zero-order valence-corrected chi connectivity index (χ0v) is 14.1. The van der Waals surface area contributed by atoms with Crippen molar-refractivity contribution < 1.29 is 0 Å². The second kappa shape index (κ2) is 4.01. The summed E-state index contributed by atoms with van der Waals surface area (Å²) >= 11 is 0. The Morgan fingerprint density at radius 2 is 1.74 bits per heavy atom.